The van der Waals surface area contributed by atoms with Crippen LogP contribution in [0.15, 0.2) is 152 Å². The largest absolute Gasteiger partial charge is 0.281 e. The zero-order chi connectivity index (χ0) is 24.6. The van der Waals surface area contributed by atoms with Crippen molar-refractivity contribution in [3.8, 4) is 0 Å². The predicted octanol–water partition coefficient (Wildman–Crippen LogP) is 7.19. The van der Waals surface area contributed by atoms with E-state index in [4.69, 9.17) is 0 Å². The lowest BCUT2D eigenvalue weighted by Gasteiger charge is -2.35. The Bertz CT molecular complexity index is 1230. The van der Waals surface area contributed by atoms with E-state index in [0.29, 0.717) is 5.30 Å². The van der Waals surface area contributed by atoms with Gasteiger partial charge in [-0.05, 0) is 60.7 Å². The summed E-state index contributed by atoms with van der Waals surface area (Å²) in [6.07, 6.45) is 0. The van der Waals surface area contributed by atoms with Crippen molar-refractivity contribution in [3.63, 3.8) is 0 Å². The normalized spacial score (nSPS) is 11.1. The second kappa shape index (κ2) is 11.1. The van der Waals surface area contributed by atoms with Crippen LogP contribution in [0, 0.1) is 0 Å². The van der Waals surface area contributed by atoms with Crippen LogP contribution in [0.2, 0.25) is 0 Å². The van der Waals surface area contributed by atoms with Gasteiger partial charge in [0.15, 0.2) is 0 Å². The first-order valence-corrected chi connectivity index (χ1v) is 13.5. The monoisotopic (exact) mass is 490 g/mol. The molecule has 5 nitrogen and oxygen atoms in total. The standard InChI is InChI=1S/C30H27N4OP/c35-36(30-24-14-5-15-25-30,31-33(26-16-6-1-7-17-26)27-18-8-2-9-19-27)32-34(28-20-10-3-11-21-28)29-22-12-4-13-23-29/h1-25H,(H2,31,32,35). The van der Waals surface area contributed by atoms with Crippen molar-refractivity contribution in [2.24, 2.45) is 0 Å². The van der Waals surface area contributed by atoms with Crippen LogP contribution in [0.5, 0.6) is 0 Å². The van der Waals surface area contributed by atoms with Crippen molar-refractivity contribution in [1.29, 1.82) is 0 Å². The molecule has 36 heavy (non-hydrogen) atoms. The van der Waals surface area contributed by atoms with Gasteiger partial charge in [0.2, 0.25) is 0 Å². The summed E-state index contributed by atoms with van der Waals surface area (Å²) in [4.78, 5) is 0. The number of hydrazine groups is 2. The van der Waals surface area contributed by atoms with E-state index in [1.54, 1.807) is 0 Å². The minimum absolute atomic E-state index is 0.652. The number of nitrogens with one attached hydrogen (secondary N) is 2. The summed E-state index contributed by atoms with van der Waals surface area (Å²) in [7, 11) is -3.49. The average Bonchev–Trinajstić information content (AvgIpc) is 2.97. The number of para-hydroxylation sites is 4. The molecule has 0 fully saturated rings. The van der Waals surface area contributed by atoms with Crippen LogP contribution < -0.4 is 25.7 Å². The Morgan fingerprint density at radius 2 is 0.639 bits per heavy atom. The third-order valence-corrected chi connectivity index (χ3v) is 7.65. The molecule has 0 aliphatic rings. The van der Waals surface area contributed by atoms with Gasteiger partial charge in [-0.15, -0.1) is 0 Å². The molecule has 0 spiro atoms. The first kappa shape index (κ1) is 23.6. The number of rotatable bonds is 9. The minimum atomic E-state index is -3.49. The predicted molar refractivity (Wildman–Crippen MR) is 150 cm³/mol. The summed E-state index contributed by atoms with van der Waals surface area (Å²) in [5.74, 6) is 0. The molecule has 0 aliphatic heterocycles. The molecule has 0 aliphatic carbocycles. The summed E-state index contributed by atoms with van der Waals surface area (Å²) in [5.41, 5.74) is 3.47. The van der Waals surface area contributed by atoms with Crippen LogP contribution in [0.3, 0.4) is 0 Å². The molecule has 178 valence electrons. The van der Waals surface area contributed by atoms with Crippen LogP contribution >= 0.6 is 7.44 Å². The lowest BCUT2D eigenvalue weighted by Crippen LogP contribution is -2.44. The Morgan fingerprint density at radius 1 is 0.389 bits per heavy atom. The molecular formula is C30H27N4OP. The molecule has 0 heterocycles. The summed E-state index contributed by atoms with van der Waals surface area (Å²) in [6.45, 7) is 0. The summed E-state index contributed by atoms with van der Waals surface area (Å²) < 4.78 is 15.0. The fourth-order valence-corrected chi connectivity index (χ4v) is 5.79. The zero-order valence-corrected chi connectivity index (χ0v) is 20.6. The van der Waals surface area contributed by atoms with E-state index in [-0.39, 0.29) is 0 Å². The molecule has 5 rings (SSSR count). The summed E-state index contributed by atoms with van der Waals surface area (Å²) >= 11 is 0. The lowest BCUT2D eigenvalue weighted by molar-refractivity contribution is 0.561. The van der Waals surface area contributed by atoms with Gasteiger partial charge in [-0.3, -0.25) is 14.6 Å². The van der Waals surface area contributed by atoms with Crippen molar-refractivity contribution >= 4 is 35.5 Å². The molecule has 5 aromatic rings. The molecule has 2 N–H and O–H groups in total. The van der Waals surface area contributed by atoms with Crippen LogP contribution in [0.4, 0.5) is 22.7 Å². The van der Waals surface area contributed by atoms with Crippen LogP contribution in [0.25, 0.3) is 0 Å². The van der Waals surface area contributed by atoms with E-state index in [9.17, 15) is 0 Å². The number of benzene rings is 5. The molecule has 0 unspecified atom stereocenters. The van der Waals surface area contributed by atoms with E-state index < -0.39 is 7.44 Å². The van der Waals surface area contributed by atoms with Gasteiger partial charge in [0.1, 0.15) is 0 Å². The van der Waals surface area contributed by atoms with Gasteiger partial charge in [-0.2, -0.15) is 10.4 Å². The van der Waals surface area contributed by atoms with Gasteiger partial charge in [0.05, 0.1) is 22.7 Å². The number of hydrogen-bond donors (Lipinski definition) is 2. The fourth-order valence-electron chi connectivity index (χ4n) is 3.89. The van der Waals surface area contributed by atoms with Crippen LogP contribution in [-0.4, -0.2) is 0 Å². The second-order valence-electron chi connectivity index (χ2n) is 8.16. The Hall–Kier alpha value is -4.15. The quantitative estimate of drug-likeness (QED) is 0.169. The van der Waals surface area contributed by atoms with Gasteiger partial charge in [-0.25, -0.2) is 0 Å². The van der Waals surface area contributed by atoms with Crippen LogP contribution in [-0.2, 0) is 4.57 Å². The molecule has 0 saturated carbocycles. The Balaban J connectivity index is 1.62. The Kier molecular flexibility index (Phi) is 7.25. The third-order valence-electron chi connectivity index (χ3n) is 5.66. The van der Waals surface area contributed by atoms with Gasteiger partial charge in [-0.1, -0.05) is 91.0 Å². The van der Waals surface area contributed by atoms with Gasteiger partial charge in [0, 0.05) is 5.30 Å². The third kappa shape index (κ3) is 5.40. The lowest BCUT2D eigenvalue weighted by atomic mass is 10.2. The highest BCUT2D eigenvalue weighted by atomic mass is 31.2. The highest BCUT2D eigenvalue weighted by Crippen LogP contribution is 2.41. The molecule has 6 heteroatoms. The first-order valence-electron chi connectivity index (χ1n) is 11.7. The number of anilines is 4. The second-order valence-corrected chi connectivity index (χ2v) is 10.3. The van der Waals surface area contributed by atoms with Crippen LogP contribution in [0.1, 0.15) is 0 Å². The average molecular weight is 491 g/mol. The highest BCUT2D eigenvalue weighted by Gasteiger charge is 2.31. The highest BCUT2D eigenvalue weighted by molar-refractivity contribution is 7.67. The van der Waals surface area contributed by atoms with Crippen molar-refractivity contribution in [2.45, 2.75) is 0 Å². The van der Waals surface area contributed by atoms with Crippen molar-refractivity contribution in [3.05, 3.63) is 152 Å². The van der Waals surface area contributed by atoms with Crippen molar-refractivity contribution in [1.82, 2.24) is 10.4 Å². The Morgan fingerprint density at radius 3 is 0.917 bits per heavy atom. The molecular weight excluding hydrogens is 463 g/mol. The maximum absolute atomic E-state index is 15.0. The molecule has 0 radical (unpaired) electrons. The van der Waals surface area contributed by atoms with Gasteiger partial charge < -0.3 is 0 Å². The van der Waals surface area contributed by atoms with Gasteiger partial charge >= 0.3 is 0 Å². The molecule has 0 saturated heterocycles. The molecule has 0 atom stereocenters. The molecule has 0 amide bonds. The van der Waals surface area contributed by atoms with E-state index >= 15 is 4.57 Å². The van der Waals surface area contributed by atoms with E-state index in [1.165, 1.54) is 0 Å². The smallest absolute Gasteiger partial charge is 0.275 e. The molecule has 0 bridgehead atoms. The maximum Gasteiger partial charge on any atom is 0.275 e. The van der Waals surface area contributed by atoms with E-state index in [0.717, 1.165) is 22.7 Å². The van der Waals surface area contributed by atoms with E-state index in [2.05, 4.69) is 10.4 Å². The molecule has 5 aromatic carbocycles. The summed E-state index contributed by atoms with van der Waals surface area (Å²) in [6, 6.07) is 49.0. The Labute approximate surface area is 212 Å². The SMILES string of the molecule is O=P(NN(c1ccccc1)c1ccccc1)(NN(c1ccccc1)c1ccccc1)c1ccccc1. The number of nitrogens with zero attached hydrogens (tertiary/aromatic N) is 2. The number of hydrogen-bond acceptors (Lipinski definition) is 3. The summed E-state index contributed by atoms with van der Waals surface area (Å²) in [5, 5.41) is 11.2. The molecule has 0 aromatic heterocycles. The first-order chi connectivity index (χ1) is 17.7. The van der Waals surface area contributed by atoms with Gasteiger partial charge in [0.25, 0.3) is 7.44 Å². The zero-order valence-electron chi connectivity index (χ0n) is 19.7. The van der Waals surface area contributed by atoms with E-state index in [1.807, 2.05) is 162 Å². The van der Waals surface area contributed by atoms with Crippen molar-refractivity contribution < 1.29 is 4.57 Å². The minimum Gasteiger partial charge on any atom is -0.281 e. The fraction of sp³-hybridized carbons (Fsp3) is 0. The van der Waals surface area contributed by atoms with Crippen molar-refractivity contribution in [2.75, 3.05) is 10.0 Å². The topological polar surface area (TPSA) is 47.6 Å². The maximum atomic E-state index is 15.0.